The Morgan fingerprint density at radius 1 is 1.18 bits per heavy atom. The van der Waals surface area contributed by atoms with E-state index in [2.05, 4.69) is 0 Å². The Kier molecular flexibility index (Phi) is 8.39. The van der Waals surface area contributed by atoms with Gasteiger partial charge in [-0.2, -0.15) is 0 Å². The lowest BCUT2D eigenvalue weighted by Crippen LogP contribution is -2.51. The number of aliphatic hydroxyl groups is 2. The number of carbonyl (C=O) groups is 1. The predicted molar refractivity (Wildman–Crippen MR) is 139 cm³/mol. The standard InChI is InChI=1S/C28H36N2O8/c1-4-17(38-19-12-16(29)25(32)13(2)37-19)21-15(8-5-6-11-31)27(34)23-22(28(21)35)24(30)20-14(26(23)33)9-7-10-18(20)36-3/h7,9-10,13,16-17,19,25,30-32,34-35H,4-6,8,11-12,29H2,1-3H3/t13?,16?,17-,19?,25?/m0/s1. The molecule has 206 valence electrons. The molecule has 0 radical (unpaired) electrons. The molecule has 0 bridgehead atoms. The first-order valence-electron chi connectivity index (χ1n) is 12.9. The van der Waals surface area contributed by atoms with E-state index in [0.717, 1.165) is 0 Å². The van der Waals surface area contributed by atoms with Crippen molar-refractivity contribution in [3.05, 3.63) is 51.6 Å². The Bertz CT molecular complexity index is 1220. The number of hydrogen-bond acceptors (Lipinski definition) is 10. The maximum Gasteiger partial charge on any atom is 0.198 e. The molecule has 2 aromatic rings. The minimum atomic E-state index is -0.841. The van der Waals surface area contributed by atoms with Crippen LogP contribution in [0.4, 0.5) is 0 Å². The van der Waals surface area contributed by atoms with Gasteiger partial charge >= 0.3 is 0 Å². The van der Waals surface area contributed by atoms with Crippen LogP contribution in [-0.4, -0.2) is 70.2 Å². The highest BCUT2D eigenvalue weighted by atomic mass is 16.7. The summed E-state index contributed by atoms with van der Waals surface area (Å²) < 4.78 is 17.5. The third-order valence-corrected chi connectivity index (χ3v) is 7.40. The first-order valence-corrected chi connectivity index (χ1v) is 12.9. The van der Waals surface area contributed by atoms with Gasteiger partial charge in [-0.15, -0.1) is 0 Å². The molecule has 10 heteroatoms. The van der Waals surface area contributed by atoms with Gasteiger partial charge in [0, 0.05) is 35.8 Å². The number of phenolic OH excluding ortho intramolecular Hbond substituents is 2. The molecule has 7 N–H and O–H groups in total. The lowest BCUT2D eigenvalue weighted by molar-refractivity contribution is -0.241. The summed E-state index contributed by atoms with van der Waals surface area (Å²) in [6, 6.07) is 4.26. The lowest BCUT2D eigenvalue weighted by Gasteiger charge is -2.38. The molecule has 1 aliphatic carbocycles. The van der Waals surface area contributed by atoms with Gasteiger partial charge in [0.15, 0.2) is 12.1 Å². The molecule has 0 spiro atoms. The number of ether oxygens (including phenoxy) is 3. The van der Waals surface area contributed by atoms with Crippen molar-refractivity contribution in [2.75, 3.05) is 13.7 Å². The zero-order valence-electron chi connectivity index (χ0n) is 21.9. The van der Waals surface area contributed by atoms with Gasteiger partial charge in [0.1, 0.15) is 17.2 Å². The largest absolute Gasteiger partial charge is 0.507 e. The number of aromatic hydroxyl groups is 2. The van der Waals surface area contributed by atoms with Crippen LogP contribution in [0.3, 0.4) is 0 Å². The SMILES string of the molecule is CC[C@H](OC1CC(N)C(O)C(C)O1)c1c(O)c2c(c(O)c1CCCCO)C(=O)c1cccc(OC)c1C2=N. The van der Waals surface area contributed by atoms with E-state index < -0.39 is 36.4 Å². The average Bonchev–Trinajstić information content (AvgIpc) is 2.90. The molecule has 4 unspecified atom stereocenters. The maximum absolute atomic E-state index is 13.6. The first kappa shape index (κ1) is 28.0. The number of nitrogens with two attached hydrogens (primary N) is 1. The number of phenols is 2. The summed E-state index contributed by atoms with van der Waals surface area (Å²) in [4.78, 5) is 13.6. The van der Waals surface area contributed by atoms with Gasteiger partial charge in [-0.25, -0.2) is 0 Å². The van der Waals surface area contributed by atoms with Gasteiger partial charge in [-0.05, 0) is 38.7 Å². The fourth-order valence-corrected chi connectivity index (χ4v) is 5.40. The van der Waals surface area contributed by atoms with Crippen molar-refractivity contribution in [2.45, 2.75) is 76.6 Å². The van der Waals surface area contributed by atoms with Crippen LogP contribution in [0.5, 0.6) is 17.2 Å². The summed E-state index contributed by atoms with van der Waals surface area (Å²) in [7, 11) is 1.43. The zero-order chi connectivity index (χ0) is 27.7. The molecule has 0 amide bonds. The Balaban J connectivity index is 1.86. The van der Waals surface area contributed by atoms with Crippen LogP contribution in [-0.2, 0) is 15.9 Å². The summed E-state index contributed by atoms with van der Waals surface area (Å²) in [5.74, 6) is -0.863. The van der Waals surface area contributed by atoms with E-state index in [-0.39, 0.29) is 64.5 Å². The maximum atomic E-state index is 13.6. The van der Waals surface area contributed by atoms with E-state index in [0.29, 0.717) is 30.6 Å². The molecule has 2 aromatic carbocycles. The second-order valence-electron chi connectivity index (χ2n) is 9.80. The highest BCUT2D eigenvalue weighted by molar-refractivity contribution is 6.32. The Labute approximate surface area is 221 Å². The van der Waals surface area contributed by atoms with Crippen LogP contribution in [0.1, 0.15) is 83.8 Å². The zero-order valence-corrected chi connectivity index (χ0v) is 21.9. The van der Waals surface area contributed by atoms with E-state index in [1.165, 1.54) is 7.11 Å². The van der Waals surface area contributed by atoms with Crippen LogP contribution >= 0.6 is 0 Å². The minimum absolute atomic E-state index is 0.0501. The molecular weight excluding hydrogens is 492 g/mol. The summed E-state index contributed by atoms with van der Waals surface area (Å²) in [5.41, 5.74) is 6.72. The second kappa shape index (κ2) is 11.4. The number of carbonyl (C=O) groups excluding carboxylic acids is 1. The third kappa shape index (κ3) is 4.78. The molecule has 4 rings (SSSR count). The van der Waals surface area contributed by atoms with Crippen molar-refractivity contribution in [1.29, 1.82) is 5.41 Å². The van der Waals surface area contributed by atoms with Crippen molar-refractivity contribution in [3.63, 3.8) is 0 Å². The summed E-state index contributed by atoms with van der Waals surface area (Å²) in [5, 5.41) is 51.6. The summed E-state index contributed by atoms with van der Waals surface area (Å²) in [6.45, 7) is 3.49. The molecule has 2 aliphatic rings. The van der Waals surface area contributed by atoms with Crippen molar-refractivity contribution < 1.29 is 39.4 Å². The van der Waals surface area contributed by atoms with E-state index in [1.807, 2.05) is 6.92 Å². The van der Waals surface area contributed by atoms with Gasteiger partial charge in [0.05, 0.1) is 47.8 Å². The van der Waals surface area contributed by atoms with Crippen molar-refractivity contribution in [3.8, 4) is 17.2 Å². The average molecular weight is 529 g/mol. The number of unbranched alkanes of at least 4 members (excludes halogenated alkanes) is 1. The molecular formula is C28H36N2O8. The number of aliphatic hydroxyl groups excluding tert-OH is 2. The van der Waals surface area contributed by atoms with Gasteiger partial charge in [-0.3, -0.25) is 10.2 Å². The lowest BCUT2D eigenvalue weighted by atomic mass is 9.78. The van der Waals surface area contributed by atoms with E-state index in [9.17, 15) is 25.2 Å². The monoisotopic (exact) mass is 528 g/mol. The molecule has 1 heterocycles. The topological polar surface area (TPSA) is 176 Å². The van der Waals surface area contributed by atoms with Crippen molar-refractivity contribution >= 4 is 11.5 Å². The quantitative estimate of drug-likeness (QED) is 0.180. The van der Waals surface area contributed by atoms with Crippen LogP contribution in [0.2, 0.25) is 0 Å². The molecule has 1 saturated heterocycles. The first-order chi connectivity index (χ1) is 18.2. The van der Waals surface area contributed by atoms with Crippen LogP contribution in [0, 0.1) is 5.41 Å². The smallest absolute Gasteiger partial charge is 0.198 e. The van der Waals surface area contributed by atoms with E-state index in [4.69, 9.17) is 25.4 Å². The predicted octanol–water partition coefficient (Wildman–Crippen LogP) is 2.67. The minimum Gasteiger partial charge on any atom is -0.507 e. The normalized spacial score (nSPS) is 23.6. The van der Waals surface area contributed by atoms with Crippen LogP contribution < -0.4 is 10.5 Å². The fourth-order valence-electron chi connectivity index (χ4n) is 5.40. The van der Waals surface area contributed by atoms with Crippen molar-refractivity contribution in [1.82, 2.24) is 0 Å². The molecule has 10 nitrogen and oxygen atoms in total. The van der Waals surface area contributed by atoms with Crippen LogP contribution in [0.15, 0.2) is 18.2 Å². The molecule has 38 heavy (non-hydrogen) atoms. The van der Waals surface area contributed by atoms with Gasteiger partial charge < -0.3 is 40.4 Å². The number of methoxy groups -OCH3 is 1. The Morgan fingerprint density at radius 2 is 1.92 bits per heavy atom. The van der Waals surface area contributed by atoms with Gasteiger partial charge in [0.2, 0.25) is 0 Å². The molecule has 5 atom stereocenters. The number of nitrogens with one attached hydrogen (secondary N) is 1. The van der Waals surface area contributed by atoms with E-state index >= 15 is 0 Å². The molecule has 1 aliphatic heterocycles. The van der Waals surface area contributed by atoms with Crippen molar-refractivity contribution in [2.24, 2.45) is 5.73 Å². The van der Waals surface area contributed by atoms with Gasteiger partial charge in [0.25, 0.3) is 0 Å². The summed E-state index contributed by atoms with van der Waals surface area (Å²) in [6.07, 6.45) is -1.19. The second-order valence-corrected chi connectivity index (χ2v) is 9.80. The number of hydrogen-bond donors (Lipinski definition) is 6. The number of rotatable bonds is 9. The fraction of sp³-hybridized carbons (Fsp3) is 0.500. The number of fused-ring (bicyclic) bond motifs is 2. The highest BCUT2D eigenvalue weighted by Gasteiger charge is 2.40. The number of ketones is 1. The molecule has 1 fully saturated rings. The third-order valence-electron chi connectivity index (χ3n) is 7.40. The Hall–Kier alpha value is -3.02. The van der Waals surface area contributed by atoms with Gasteiger partial charge in [-0.1, -0.05) is 19.1 Å². The highest BCUT2D eigenvalue weighted by Crippen LogP contribution is 2.48. The van der Waals surface area contributed by atoms with Crippen LogP contribution in [0.25, 0.3) is 0 Å². The summed E-state index contributed by atoms with van der Waals surface area (Å²) >= 11 is 0. The molecule has 0 saturated carbocycles. The number of benzene rings is 2. The molecule has 0 aromatic heterocycles. The van der Waals surface area contributed by atoms with E-state index in [1.54, 1.807) is 25.1 Å². The Morgan fingerprint density at radius 3 is 2.55 bits per heavy atom.